The van der Waals surface area contributed by atoms with E-state index in [9.17, 15) is 4.79 Å². The van der Waals surface area contributed by atoms with E-state index in [1.54, 1.807) is 44.0 Å². The Kier molecular flexibility index (Phi) is 4.29. The predicted octanol–water partition coefficient (Wildman–Crippen LogP) is -0.118. The minimum absolute atomic E-state index is 0.184. The van der Waals surface area contributed by atoms with Gasteiger partial charge in [-0.1, -0.05) is 0 Å². The van der Waals surface area contributed by atoms with Crippen molar-refractivity contribution in [3.63, 3.8) is 0 Å². The molecule has 2 aromatic heterocycles. The number of hydrogen-bond acceptors (Lipinski definition) is 6. The van der Waals surface area contributed by atoms with Crippen molar-refractivity contribution in [1.29, 1.82) is 0 Å². The average molecular weight is 290 g/mol. The highest BCUT2D eigenvalue weighted by molar-refractivity contribution is 5.92. The number of carbonyl (C=O) groups excluding carboxylic acids is 1. The van der Waals surface area contributed by atoms with Gasteiger partial charge in [-0.05, 0) is 19.9 Å². The molecule has 0 saturated heterocycles. The second-order valence-corrected chi connectivity index (χ2v) is 4.86. The normalized spacial score (nSPS) is 12.2. The fourth-order valence-corrected chi connectivity index (χ4v) is 1.76. The van der Waals surface area contributed by atoms with Crippen molar-refractivity contribution < 1.29 is 9.90 Å². The number of nitrogens with zero attached hydrogens (tertiary/aromatic N) is 5. The maximum atomic E-state index is 12.3. The van der Waals surface area contributed by atoms with Crippen LogP contribution in [0, 0.1) is 6.92 Å². The lowest BCUT2D eigenvalue weighted by atomic mass is 10.2. The van der Waals surface area contributed by atoms with Gasteiger partial charge in [-0.2, -0.15) is 5.10 Å². The summed E-state index contributed by atoms with van der Waals surface area (Å²) in [6.45, 7) is 3.20. The molecule has 2 aromatic rings. The molecule has 8 nitrogen and oxygen atoms in total. The molecule has 1 atom stereocenters. The molecule has 1 unspecified atom stereocenters. The van der Waals surface area contributed by atoms with Crippen LogP contribution in [0.5, 0.6) is 0 Å². The van der Waals surface area contributed by atoms with E-state index in [0.717, 1.165) is 5.01 Å². The first-order valence-corrected chi connectivity index (χ1v) is 6.46. The summed E-state index contributed by atoms with van der Waals surface area (Å²) in [5.74, 6) is 5.64. The van der Waals surface area contributed by atoms with Gasteiger partial charge < -0.3 is 5.11 Å². The largest absolute Gasteiger partial charge is 0.394 e. The zero-order chi connectivity index (χ0) is 15.6. The molecule has 2 heterocycles. The van der Waals surface area contributed by atoms with Crippen molar-refractivity contribution >= 4 is 5.91 Å². The molecule has 8 heteroatoms. The Labute approximate surface area is 122 Å². The van der Waals surface area contributed by atoms with Crippen LogP contribution in [0.4, 0.5) is 0 Å². The first-order chi connectivity index (χ1) is 9.92. The van der Waals surface area contributed by atoms with Crippen molar-refractivity contribution in [3.8, 4) is 11.4 Å². The number of amides is 1. The monoisotopic (exact) mass is 290 g/mol. The Bertz CT molecular complexity index is 654. The molecule has 2 rings (SSSR count). The summed E-state index contributed by atoms with van der Waals surface area (Å²) >= 11 is 0. The number of nitrogens with two attached hydrogens (primary N) is 1. The second kappa shape index (κ2) is 5.98. The Morgan fingerprint density at radius 1 is 1.52 bits per heavy atom. The van der Waals surface area contributed by atoms with Gasteiger partial charge >= 0.3 is 0 Å². The number of hydrogen-bond donors (Lipinski definition) is 2. The van der Waals surface area contributed by atoms with Crippen molar-refractivity contribution in [2.24, 2.45) is 12.9 Å². The smallest absolute Gasteiger partial charge is 0.286 e. The summed E-state index contributed by atoms with van der Waals surface area (Å²) in [5.41, 5.74) is 1.55. The summed E-state index contributed by atoms with van der Waals surface area (Å²) < 4.78 is 1.63. The van der Waals surface area contributed by atoms with Gasteiger partial charge in [-0.3, -0.25) is 14.5 Å². The van der Waals surface area contributed by atoms with Crippen molar-refractivity contribution in [1.82, 2.24) is 24.8 Å². The van der Waals surface area contributed by atoms with E-state index in [0.29, 0.717) is 17.1 Å². The first-order valence-electron chi connectivity index (χ1n) is 6.46. The molecule has 0 aromatic carbocycles. The molecule has 0 fully saturated rings. The molecule has 0 bridgehead atoms. The fourth-order valence-electron chi connectivity index (χ4n) is 1.76. The van der Waals surface area contributed by atoms with E-state index >= 15 is 0 Å². The molecule has 1 amide bonds. The van der Waals surface area contributed by atoms with Gasteiger partial charge in [0.25, 0.3) is 5.91 Å². The van der Waals surface area contributed by atoms with Gasteiger partial charge in [0.1, 0.15) is 5.69 Å². The Morgan fingerprint density at radius 3 is 2.81 bits per heavy atom. The molecular formula is C13H18N6O2. The van der Waals surface area contributed by atoms with Gasteiger partial charge in [-0.15, -0.1) is 0 Å². The van der Waals surface area contributed by atoms with E-state index in [-0.39, 0.29) is 12.3 Å². The van der Waals surface area contributed by atoms with Crippen LogP contribution in [-0.2, 0) is 7.05 Å². The minimum Gasteiger partial charge on any atom is -0.394 e. The lowest BCUT2D eigenvalue weighted by molar-refractivity contribution is 0.0612. The highest BCUT2D eigenvalue weighted by Gasteiger charge is 2.20. The van der Waals surface area contributed by atoms with Gasteiger partial charge in [0.2, 0.25) is 0 Å². The van der Waals surface area contributed by atoms with Gasteiger partial charge in [-0.25, -0.2) is 15.8 Å². The zero-order valence-electron chi connectivity index (χ0n) is 12.2. The third kappa shape index (κ3) is 3.23. The number of carbonyl (C=O) groups is 1. The first kappa shape index (κ1) is 15.1. The summed E-state index contributed by atoms with van der Waals surface area (Å²) in [4.78, 5) is 20.8. The molecule has 21 heavy (non-hydrogen) atoms. The van der Waals surface area contributed by atoms with Gasteiger partial charge in [0, 0.05) is 18.9 Å². The van der Waals surface area contributed by atoms with E-state index in [1.165, 1.54) is 0 Å². The Balaban J connectivity index is 2.37. The molecule has 0 aliphatic carbocycles. The topological polar surface area (TPSA) is 110 Å². The molecule has 0 saturated carbocycles. The number of rotatable bonds is 4. The van der Waals surface area contributed by atoms with Crippen molar-refractivity contribution in [2.45, 2.75) is 19.9 Å². The maximum absolute atomic E-state index is 12.3. The van der Waals surface area contributed by atoms with E-state index in [2.05, 4.69) is 15.1 Å². The number of aliphatic hydroxyl groups excluding tert-OH is 1. The van der Waals surface area contributed by atoms with Crippen LogP contribution >= 0.6 is 0 Å². The van der Waals surface area contributed by atoms with Crippen LogP contribution in [0.1, 0.15) is 23.1 Å². The summed E-state index contributed by atoms with van der Waals surface area (Å²) in [6, 6.07) is 1.07. The lowest BCUT2D eigenvalue weighted by Crippen LogP contribution is -2.46. The molecule has 0 radical (unpaired) electrons. The SMILES string of the molecule is Cc1cc(C(=O)N(N)C(C)CO)nc(-c2cnn(C)c2)n1. The fraction of sp³-hybridized carbons (Fsp3) is 0.385. The number of aliphatic hydroxyl groups is 1. The van der Waals surface area contributed by atoms with E-state index in [1.807, 2.05) is 0 Å². The quantitative estimate of drug-likeness (QED) is 0.461. The Hall–Kier alpha value is -2.32. The average Bonchev–Trinajstić information content (AvgIpc) is 2.90. The number of aryl methyl sites for hydroxylation is 2. The highest BCUT2D eigenvalue weighted by atomic mass is 16.3. The van der Waals surface area contributed by atoms with E-state index in [4.69, 9.17) is 10.9 Å². The van der Waals surface area contributed by atoms with Crippen LogP contribution in [0.15, 0.2) is 18.5 Å². The summed E-state index contributed by atoms with van der Waals surface area (Å²) in [7, 11) is 1.79. The second-order valence-electron chi connectivity index (χ2n) is 4.86. The third-order valence-corrected chi connectivity index (χ3v) is 3.01. The van der Waals surface area contributed by atoms with Crippen molar-refractivity contribution in [2.75, 3.05) is 6.61 Å². The molecule has 0 spiro atoms. The molecule has 3 N–H and O–H groups in total. The predicted molar refractivity (Wildman–Crippen MR) is 75.9 cm³/mol. The minimum atomic E-state index is -0.491. The van der Waals surface area contributed by atoms with Crippen LogP contribution in [0.2, 0.25) is 0 Å². The Morgan fingerprint density at radius 2 is 2.24 bits per heavy atom. The van der Waals surface area contributed by atoms with Gasteiger partial charge in [0.05, 0.1) is 24.4 Å². The summed E-state index contributed by atoms with van der Waals surface area (Å²) in [5, 5.41) is 14.1. The highest BCUT2D eigenvalue weighted by Crippen LogP contribution is 2.15. The standard InChI is InChI=1S/C13H18N6O2/c1-8-4-11(13(21)19(14)9(2)7-20)17-12(16-8)10-5-15-18(3)6-10/h4-6,9,20H,7,14H2,1-3H3. The zero-order valence-corrected chi connectivity index (χ0v) is 12.2. The van der Waals surface area contributed by atoms with Crippen LogP contribution < -0.4 is 5.84 Å². The third-order valence-electron chi connectivity index (χ3n) is 3.01. The van der Waals surface area contributed by atoms with Gasteiger partial charge in [0.15, 0.2) is 5.82 Å². The number of hydrazine groups is 1. The van der Waals surface area contributed by atoms with Crippen LogP contribution in [-0.4, -0.2) is 48.4 Å². The molecule has 112 valence electrons. The summed E-state index contributed by atoms with van der Waals surface area (Å²) in [6.07, 6.45) is 3.39. The lowest BCUT2D eigenvalue weighted by Gasteiger charge is -2.22. The molecular weight excluding hydrogens is 272 g/mol. The van der Waals surface area contributed by atoms with Crippen molar-refractivity contribution in [3.05, 3.63) is 29.8 Å². The maximum Gasteiger partial charge on any atom is 0.286 e. The number of aromatic nitrogens is 4. The molecule has 0 aliphatic heterocycles. The van der Waals surface area contributed by atoms with E-state index < -0.39 is 11.9 Å². The van der Waals surface area contributed by atoms with Crippen LogP contribution in [0.25, 0.3) is 11.4 Å². The van der Waals surface area contributed by atoms with Crippen LogP contribution in [0.3, 0.4) is 0 Å². The molecule has 0 aliphatic rings.